The lowest BCUT2D eigenvalue weighted by Gasteiger charge is -2.48. The fraction of sp³-hybridized carbons (Fsp3) is 0.800. The zero-order valence-electron chi connectivity index (χ0n) is 12.9. The summed E-state index contributed by atoms with van der Waals surface area (Å²) in [5.74, 6) is 0.174. The zero-order chi connectivity index (χ0) is 14.7. The molecule has 2 fully saturated rings. The third-order valence-corrected chi connectivity index (χ3v) is 4.97. The molecule has 116 valence electrons. The summed E-state index contributed by atoms with van der Waals surface area (Å²) >= 11 is 0. The molecule has 3 heterocycles. The van der Waals surface area contributed by atoms with E-state index < -0.39 is 0 Å². The Labute approximate surface area is 126 Å². The largest absolute Gasteiger partial charge is 0.340 e. The van der Waals surface area contributed by atoms with E-state index in [4.69, 9.17) is 0 Å². The SMILES string of the molecule is CCN1CCCC2(CCCN(C(=O)Cn3ccnn3)C2)C1. The minimum absolute atomic E-state index is 0.174. The normalized spacial score (nSPS) is 27.2. The van der Waals surface area contributed by atoms with Crippen LogP contribution in [0.5, 0.6) is 0 Å². The molecule has 0 aliphatic carbocycles. The van der Waals surface area contributed by atoms with E-state index in [0.717, 1.165) is 32.6 Å². The standard InChI is InChI=1S/C15H25N5O/c1-2-18-8-3-5-15(12-18)6-4-9-19(13-15)14(21)11-20-10-7-16-17-20/h7,10H,2-6,8-9,11-13H2,1H3. The molecule has 2 aliphatic rings. The molecule has 0 saturated carbocycles. The van der Waals surface area contributed by atoms with E-state index in [9.17, 15) is 4.79 Å². The van der Waals surface area contributed by atoms with Gasteiger partial charge >= 0.3 is 0 Å². The number of aromatic nitrogens is 3. The molecular formula is C15H25N5O. The van der Waals surface area contributed by atoms with Crippen LogP contribution in [0, 0.1) is 5.41 Å². The second-order valence-electron chi connectivity index (χ2n) is 6.49. The summed E-state index contributed by atoms with van der Waals surface area (Å²) in [5, 5.41) is 7.65. The highest BCUT2D eigenvalue weighted by Gasteiger charge is 2.39. The molecule has 1 unspecified atom stereocenters. The molecule has 1 amide bonds. The molecule has 0 N–H and O–H groups in total. The molecule has 21 heavy (non-hydrogen) atoms. The molecular weight excluding hydrogens is 266 g/mol. The van der Waals surface area contributed by atoms with E-state index in [1.165, 1.54) is 25.8 Å². The highest BCUT2D eigenvalue weighted by Crippen LogP contribution is 2.38. The van der Waals surface area contributed by atoms with E-state index in [1.54, 1.807) is 17.1 Å². The Hall–Kier alpha value is -1.43. The second kappa shape index (κ2) is 6.13. The average molecular weight is 291 g/mol. The van der Waals surface area contributed by atoms with Crippen molar-refractivity contribution in [2.24, 2.45) is 5.41 Å². The van der Waals surface area contributed by atoms with E-state index in [1.807, 2.05) is 4.90 Å². The maximum atomic E-state index is 12.5. The van der Waals surface area contributed by atoms with Gasteiger partial charge in [-0.2, -0.15) is 0 Å². The molecule has 2 saturated heterocycles. The second-order valence-corrected chi connectivity index (χ2v) is 6.49. The highest BCUT2D eigenvalue weighted by atomic mass is 16.2. The van der Waals surface area contributed by atoms with Gasteiger partial charge in [0.05, 0.1) is 6.20 Å². The van der Waals surface area contributed by atoms with Crippen LogP contribution >= 0.6 is 0 Å². The Morgan fingerprint density at radius 1 is 1.24 bits per heavy atom. The van der Waals surface area contributed by atoms with Crippen molar-refractivity contribution in [3.63, 3.8) is 0 Å². The lowest BCUT2D eigenvalue weighted by Crippen LogP contribution is -2.54. The van der Waals surface area contributed by atoms with Gasteiger partial charge in [-0.25, -0.2) is 4.68 Å². The summed E-state index contributed by atoms with van der Waals surface area (Å²) < 4.78 is 1.61. The van der Waals surface area contributed by atoms with Crippen LogP contribution in [0.1, 0.15) is 32.6 Å². The van der Waals surface area contributed by atoms with E-state index >= 15 is 0 Å². The minimum Gasteiger partial charge on any atom is -0.340 e. The van der Waals surface area contributed by atoms with E-state index in [-0.39, 0.29) is 5.91 Å². The van der Waals surface area contributed by atoms with Gasteiger partial charge in [0.15, 0.2) is 0 Å². The predicted molar refractivity (Wildman–Crippen MR) is 79.6 cm³/mol. The Morgan fingerprint density at radius 2 is 2.05 bits per heavy atom. The monoisotopic (exact) mass is 291 g/mol. The van der Waals surface area contributed by atoms with Gasteiger partial charge in [-0.1, -0.05) is 12.1 Å². The van der Waals surface area contributed by atoms with Gasteiger partial charge in [0.25, 0.3) is 0 Å². The maximum Gasteiger partial charge on any atom is 0.244 e. The number of hydrogen-bond acceptors (Lipinski definition) is 4. The van der Waals surface area contributed by atoms with Crippen LogP contribution in [-0.2, 0) is 11.3 Å². The highest BCUT2D eigenvalue weighted by molar-refractivity contribution is 5.76. The molecule has 6 heteroatoms. The Bertz CT molecular complexity index is 470. The first-order valence-corrected chi connectivity index (χ1v) is 8.05. The van der Waals surface area contributed by atoms with Crippen molar-refractivity contribution in [3.05, 3.63) is 12.4 Å². The Kier molecular flexibility index (Phi) is 4.24. The van der Waals surface area contributed by atoms with Crippen LogP contribution in [0.4, 0.5) is 0 Å². The number of carbonyl (C=O) groups is 1. The third-order valence-electron chi connectivity index (χ3n) is 4.97. The van der Waals surface area contributed by atoms with Crippen molar-refractivity contribution in [2.45, 2.75) is 39.2 Å². The third kappa shape index (κ3) is 3.26. The zero-order valence-corrected chi connectivity index (χ0v) is 12.9. The van der Waals surface area contributed by atoms with Crippen molar-refractivity contribution < 1.29 is 4.79 Å². The van der Waals surface area contributed by atoms with Gasteiger partial charge in [0.1, 0.15) is 6.54 Å². The number of carbonyl (C=O) groups excluding carboxylic acids is 1. The summed E-state index contributed by atoms with van der Waals surface area (Å²) in [6, 6.07) is 0. The van der Waals surface area contributed by atoms with Crippen LogP contribution in [0.3, 0.4) is 0 Å². The lowest BCUT2D eigenvalue weighted by molar-refractivity contribution is -0.136. The first-order valence-electron chi connectivity index (χ1n) is 8.05. The van der Waals surface area contributed by atoms with Gasteiger partial charge < -0.3 is 9.80 Å². The molecule has 3 rings (SSSR count). The molecule has 0 aromatic carbocycles. The van der Waals surface area contributed by atoms with Gasteiger partial charge in [-0.15, -0.1) is 5.10 Å². The molecule has 0 bridgehead atoms. The maximum absolute atomic E-state index is 12.5. The van der Waals surface area contributed by atoms with Crippen LogP contribution in [0.2, 0.25) is 0 Å². The van der Waals surface area contributed by atoms with Crippen LogP contribution in [0.25, 0.3) is 0 Å². The number of likely N-dealkylation sites (tertiary alicyclic amines) is 2. The van der Waals surface area contributed by atoms with Crippen molar-refractivity contribution in [2.75, 3.05) is 32.7 Å². The Balaban J connectivity index is 1.63. The summed E-state index contributed by atoms with van der Waals surface area (Å²) in [6.45, 7) is 7.83. The van der Waals surface area contributed by atoms with Crippen LogP contribution < -0.4 is 0 Å². The van der Waals surface area contributed by atoms with E-state index in [2.05, 4.69) is 22.1 Å². The number of rotatable bonds is 3. The van der Waals surface area contributed by atoms with Crippen molar-refractivity contribution >= 4 is 5.91 Å². The summed E-state index contributed by atoms with van der Waals surface area (Å²) in [6.07, 6.45) is 8.27. The molecule has 0 radical (unpaired) electrons. The number of piperidine rings is 2. The molecule has 2 aliphatic heterocycles. The first kappa shape index (κ1) is 14.5. The molecule has 1 spiro atoms. The average Bonchev–Trinajstić information content (AvgIpc) is 3.00. The van der Waals surface area contributed by atoms with Gasteiger partial charge in [0.2, 0.25) is 5.91 Å². The lowest BCUT2D eigenvalue weighted by atomic mass is 9.73. The molecule has 1 aromatic rings. The van der Waals surface area contributed by atoms with Crippen molar-refractivity contribution in [1.29, 1.82) is 0 Å². The smallest absolute Gasteiger partial charge is 0.244 e. The molecule has 1 aromatic heterocycles. The fourth-order valence-corrected chi connectivity index (χ4v) is 3.89. The predicted octanol–water partition coefficient (Wildman–Crippen LogP) is 1.00. The van der Waals surface area contributed by atoms with Gasteiger partial charge in [-0.3, -0.25) is 4.79 Å². The number of amides is 1. The first-order chi connectivity index (χ1) is 10.2. The van der Waals surface area contributed by atoms with Crippen molar-refractivity contribution in [1.82, 2.24) is 24.8 Å². The minimum atomic E-state index is 0.174. The Morgan fingerprint density at radius 3 is 2.76 bits per heavy atom. The van der Waals surface area contributed by atoms with Gasteiger partial charge in [0, 0.05) is 31.2 Å². The van der Waals surface area contributed by atoms with Crippen LogP contribution in [-0.4, -0.2) is 63.4 Å². The molecule has 6 nitrogen and oxygen atoms in total. The summed E-state index contributed by atoms with van der Waals surface area (Å²) in [4.78, 5) is 17.0. The number of hydrogen-bond donors (Lipinski definition) is 0. The molecule has 1 atom stereocenters. The summed E-state index contributed by atoms with van der Waals surface area (Å²) in [7, 11) is 0. The van der Waals surface area contributed by atoms with Crippen molar-refractivity contribution in [3.8, 4) is 0 Å². The van der Waals surface area contributed by atoms with Crippen LogP contribution in [0.15, 0.2) is 12.4 Å². The number of nitrogens with zero attached hydrogens (tertiary/aromatic N) is 5. The fourth-order valence-electron chi connectivity index (χ4n) is 3.89. The van der Waals surface area contributed by atoms with E-state index in [0.29, 0.717) is 12.0 Å². The summed E-state index contributed by atoms with van der Waals surface area (Å²) in [5.41, 5.74) is 0.324. The topological polar surface area (TPSA) is 54.3 Å². The quantitative estimate of drug-likeness (QED) is 0.834. The van der Waals surface area contributed by atoms with Gasteiger partial charge in [-0.05, 0) is 38.8 Å².